The molecule has 16 nitrogen and oxygen atoms in total. The summed E-state index contributed by atoms with van der Waals surface area (Å²) >= 11 is 0. The maximum atomic E-state index is 13.0. The van der Waals surface area contributed by atoms with Crippen LogP contribution in [0.25, 0.3) is 0 Å². The molecule has 3 heterocycles. The second-order valence-corrected chi connectivity index (χ2v) is 12.0. The smallest absolute Gasteiger partial charge is 0.337 e. The molecule has 1 saturated carbocycles. The standard InChI is InChI=1S/C30H40O16/c1-12-17(33)8-15-16(27(40)41-7-6-13-2-4-14(32)5-3-13)10-42-28(20(12)15)46-30-26(39)24(37)22(35)19(45-30)11-43-29-25(38)23(36)21(34)18(9-31)44-29/h2-5,10,12,15,18-26,28-32,34-39H,6-9,11H2,1H3/t12-,15+,18+,19+,20+,21+,22+,23+,24-,25-,26+,28+,29+,30-/m0/s1. The summed E-state index contributed by atoms with van der Waals surface area (Å²) < 4.78 is 33.5. The molecule has 16 heteroatoms. The summed E-state index contributed by atoms with van der Waals surface area (Å²) in [7, 11) is 0. The summed E-state index contributed by atoms with van der Waals surface area (Å²) in [6, 6.07) is 6.44. The molecule has 3 fully saturated rings. The number of aromatic hydroxyl groups is 1. The molecule has 14 atom stereocenters. The van der Waals surface area contributed by atoms with Crippen LogP contribution in [0.4, 0.5) is 0 Å². The first-order valence-electron chi connectivity index (χ1n) is 15.0. The van der Waals surface area contributed by atoms with Crippen molar-refractivity contribution in [3.63, 3.8) is 0 Å². The Morgan fingerprint density at radius 1 is 0.870 bits per heavy atom. The van der Waals surface area contributed by atoms with Crippen LogP contribution >= 0.6 is 0 Å². The van der Waals surface area contributed by atoms with Crippen LogP contribution in [-0.2, 0) is 44.4 Å². The number of hydrogen-bond donors (Lipinski definition) is 8. The molecule has 256 valence electrons. The maximum Gasteiger partial charge on any atom is 0.337 e. The first-order valence-corrected chi connectivity index (χ1v) is 15.0. The molecule has 8 N–H and O–H groups in total. The van der Waals surface area contributed by atoms with Crippen LogP contribution in [0.1, 0.15) is 18.9 Å². The molecule has 1 aliphatic carbocycles. The molecule has 0 spiro atoms. The summed E-state index contributed by atoms with van der Waals surface area (Å²) in [4.78, 5) is 25.8. The molecule has 0 radical (unpaired) electrons. The number of hydrogen-bond acceptors (Lipinski definition) is 16. The number of aliphatic hydroxyl groups excluding tert-OH is 7. The van der Waals surface area contributed by atoms with E-state index in [2.05, 4.69) is 0 Å². The van der Waals surface area contributed by atoms with Gasteiger partial charge in [-0.1, -0.05) is 19.1 Å². The van der Waals surface area contributed by atoms with Crippen LogP contribution in [0, 0.1) is 17.8 Å². The fourth-order valence-corrected chi connectivity index (χ4v) is 6.19. The molecule has 4 aliphatic rings. The number of aliphatic hydroxyl groups is 7. The Kier molecular flexibility index (Phi) is 11.0. The lowest BCUT2D eigenvalue weighted by molar-refractivity contribution is -0.354. The average molecular weight is 657 g/mol. The number of rotatable bonds is 10. The van der Waals surface area contributed by atoms with Crippen molar-refractivity contribution in [3.8, 4) is 5.75 Å². The third-order valence-corrected chi connectivity index (χ3v) is 9.02. The van der Waals surface area contributed by atoms with Crippen molar-refractivity contribution >= 4 is 11.8 Å². The number of ketones is 1. The second-order valence-electron chi connectivity index (χ2n) is 12.0. The lowest BCUT2D eigenvalue weighted by atomic mass is 9.83. The number of phenols is 1. The summed E-state index contributed by atoms with van der Waals surface area (Å²) in [6.07, 6.45) is -15.8. The highest BCUT2D eigenvalue weighted by molar-refractivity contribution is 5.93. The van der Waals surface area contributed by atoms with Crippen molar-refractivity contribution in [1.82, 2.24) is 0 Å². The van der Waals surface area contributed by atoms with E-state index in [1.165, 1.54) is 12.1 Å². The molecule has 1 aromatic rings. The fraction of sp³-hybridized carbons (Fsp3) is 0.667. The number of fused-ring (bicyclic) bond motifs is 1. The van der Waals surface area contributed by atoms with Crippen molar-refractivity contribution in [1.29, 1.82) is 0 Å². The number of ether oxygens (including phenoxy) is 6. The van der Waals surface area contributed by atoms with Gasteiger partial charge in [0, 0.05) is 30.6 Å². The number of Topliss-reactive ketones (excluding diaryl/α,β-unsaturated/α-hetero) is 1. The SMILES string of the molecule is C[C@H]1C(=O)C[C@@H]2C(C(=O)OCCc3ccc(O)cc3)=CO[C@H](O[C@@H]3O[C@H](CO[C@@H]4O[C@H](CO)[C@@H](O)[C@@H](O)[C@@H]4O)[C@@H](O)[C@H](O)[C@H]3O)[C@@H]21. The monoisotopic (exact) mass is 656 g/mol. The minimum Gasteiger partial charge on any atom is -0.508 e. The van der Waals surface area contributed by atoms with E-state index in [9.17, 15) is 50.4 Å². The van der Waals surface area contributed by atoms with Gasteiger partial charge in [0.05, 0.1) is 31.7 Å². The Hall–Kier alpha value is -2.74. The largest absolute Gasteiger partial charge is 0.508 e. The number of carbonyl (C=O) groups excluding carboxylic acids is 2. The molecule has 2 saturated heterocycles. The van der Waals surface area contributed by atoms with Crippen molar-refractivity contribution < 1.29 is 78.9 Å². The zero-order chi connectivity index (χ0) is 33.3. The number of benzene rings is 1. The van der Waals surface area contributed by atoms with Gasteiger partial charge in [0.25, 0.3) is 0 Å². The van der Waals surface area contributed by atoms with Crippen LogP contribution < -0.4 is 0 Å². The van der Waals surface area contributed by atoms with Gasteiger partial charge in [0.2, 0.25) is 6.29 Å². The highest BCUT2D eigenvalue weighted by atomic mass is 16.8. The number of phenolic OH excluding ortho intramolecular Hbond substituents is 1. The van der Waals surface area contributed by atoms with Gasteiger partial charge in [-0.3, -0.25) is 4.79 Å². The van der Waals surface area contributed by atoms with Gasteiger partial charge in [-0.25, -0.2) is 4.79 Å². The molecule has 3 aliphatic heterocycles. The first kappa shape index (κ1) is 34.6. The van der Waals surface area contributed by atoms with Crippen molar-refractivity contribution in [2.24, 2.45) is 17.8 Å². The molecular formula is C30H40O16. The Morgan fingerprint density at radius 3 is 2.17 bits per heavy atom. The predicted molar refractivity (Wildman–Crippen MR) is 149 cm³/mol. The van der Waals surface area contributed by atoms with Gasteiger partial charge in [0.1, 0.15) is 60.4 Å². The number of esters is 1. The van der Waals surface area contributed by atoms with Gasteiger partial charge in [0.15, 0.2) is 12.6 Å². The van der Waals surface area contributed by atoms with Gasteiger partial charge < -0.3 is 69.3 Å². The summed E-state index contributed by atoms with van der Waals surface area (Å²) in [5.74, 6) is -2.66. The summed E-state index contributed by atoms with van der Waals surface area (Å²) in [6.45, 7) is 0.447. The molecule has 46 heavy (non-hydrogen) atoms. The highest BCUT2D eigenvalue weighted by Crippen LogP contribution is 2.46. The fourth-order valence-electron chi connectivity index (χ4n) is 6.19. The minimum absolute atomic E-state index is 0.0128. The normalized spacial score (nSPS) is 41.0. The quantitative estimate of drug-likeness (QED) is 0.118. The minimum atomic E-state index is -1.79. The van der Waals surface area contributed by atoms with Gasteiger partial charge in [-0.2, -0.15) is 0 Å². The third-order valence-electron chi connectivity index (χ3n) is 9.02. The van der Waals surface area contributed by atoms with Crippen LogP contribution in [-0.4, -0.2) is 140 Å². The molecule has 0 amide bonds. The highest BCUT2D eigenvalue weighted by Gasteiger charge is 2.54. The van der Waals surface area contributed by atoms with Crippen molar-refractivity contribution in [3.05, 3.63) is 41.7 Å². The zero-order valence-corrected chi connectivity index (χ0v) is 24.8. The van der Waals surface area contributed by atoms with E-state index in [0.717, 1.165) is 11.8 Å². The Morgan fingerprint density at radius 2 is 1.50 bits per heavy atom. The number of carbonyl (C=O) groups is 2. The van der Waals surface area contributed by atoms with Crippen LogP contribution in [0.15, 0.2) is 36.1 Å². The van der Waals surface area contributed by atoms with Crippen molar-refractivity contribution in [2.75, 3.05) is 19.8 Å². The van der Waals surface area contributed by atoms with Crippen molar-refractivity contribution in [2.45, 2.75) is 87.5 Å². The lowest BCUT2D eigenvalue weighted by Crippen LogP contribution is -2.62. The van der Waals surface area contributed by atoms with Crippen LogP contribution in [0.2, 0.25) is 0 Å². The average Bonchev–Trinajstić information content (AvgIpc) is 3.35. The van der Waals surface area contributed by atoms with E-state index in [1.54, 1.807) is 19.1 Å². The molecule has 0 bridgehead atoms. The van der Waals surface area contributed by atoms with E-state index in [1.807, 2.05) is 0 Å². The predicted octanol–water partition coefficient (Wildman–Crippen LogP) is -2.80. The first-order chi connectivity index (χ1) is 21.9. The van der Waals surface area contributed by atoms with Crippen LogP contribution in [0.3, 0.4) is 0 Å². The third kappa shape index (κ3) is 7.07. The topological polar surface area (TPSA) is 251 Å². The van der Waals surface area contributed by atoms with Crippen LogP contribution in [0.5, 0.6) is 5.75 Å². The Bertz CT molecular complexity index is 1240. The van der Waals surface area contributed by atoms with Gasteiger partial charge >= 0.3 is 5.97 Å². The van der Waals surface area contributed by atoms with E-state index in [0.29, 0.717) is 6.42 Å². The Balaban J connectivity index is 1.23. The van der Waals surface area contributed by atoms with E-state index in [4.69, 9.17) is 28.4 Å². The van der Waals surface area contributed by atoms with Gasteiger partial charge in [-0.05, 0) is 17.7 Å². The maximum absolute atomic E-state index is 13.0. The Labute approximate surface area is 263 Å². The molecule has 1 aromatic carbocycles. The van der Waals surface area contributed by atoms with Gasteiger partial charge in [-0.15, -0.1) is 0 Å². The molecule has 5 rings (SSSR count). The van der Waals surface area contributed by atoms with E-state index < -0.39 is 105 Å². The second kappa shape index (κ2) is 14.6. The molecule has 0 aromatic heterocycles. The van der Waals surface area contributed by atoms with E-state index >= 15 is 0 Å². The molecular weight excluding hydrogens is 616 g/mol. The zero-order valence-electron chi connectivity index (χ0n) is 24.8. The lowest BCUT2D eigenvalue weighted by Gasteiger charge is -2.44. The molecule has 0 unspecified atom stereocenters. The van der Waals surface area contributed by atoms with E-state index in [-0.39, 0.29) is 30.1 Å². The summed E-state index contributed by atoms with van der Waals surface area (Å²) in [5, 5.41) is 80.8. The summed E-state index contributed by atoms with van der Waals surface area (Å²) in [5.41, 5.74) is 0.977.